The number of para-hydroxylation sites is 1. The van der Waals surface area contributed by atoms with E-state index in [1.54, 1.807) is 39.0 Å². The molecular weight excluding hydrogens is 1050 g/mol. The van der Waals surface area contributed by atoms with Gasteiger partial charge in [-0.15, -0.1) is 11.3 Å². The predicted molar refractivity (Wildman–Crippen MR) is 309 cm³/mol. The Kier molecular flexibility index (Phi) is 19.1. The smallest absolute Gasteiger partial charge is 0.408 e. The monoisotopic (exact) mass is 1130 g/mol. The number of nitrogens with zero attached hydrogens (tertiary/aromatic N) is 4. The lowest BCUT2D eigenvalue weighted by Crippen LogP contribution is -2.57. The van der Waals surface area contributed by atoms with E-state index in [0.29, 0.717) is 36.6 Å². The van der Waals surface area contributed by atoms with E-state index in [0.717, 1.165) is 70.0 Å². The quantitative estimate of drug-likeness (QED) is 0.0589. The number of nitrogens with two attached hydrogens (primary N) is 1. The van der Waals surface area contributed by atoms with Crippen molar-refractivity contribution in [1.82, 2.24) is 31.2 Å². The largest absolute Gasteiger partial charge is 0.444 e. The first-order chi connectivity index (χ1) is 38.4. The summed E-state index contributed by atoms with van der Waals surface area (Å²) < 4.78 is 11.7. The minimum atomic E-state index is -0.935. The molecule has 4 aromatic rings. The molecule has 19 nitrogen and oxygen atoms in total. The third-order valence-corrected chi connectivity index (χ3v) is 16.5. The molecule has 6 atom stereocenters. The number of rotatable bonds is 19. The Morgan fingerprint density at radius 1 is 0.901 bits per heavy atom. The molecule has 81 heavy (non-hydrogen) atoms. The molecule has 7 N–H and O–H groups in total. The molecule has 20 heteroatoms. The van der Waals surface area contributed by atoms with Crippen LogP contribution in [0, 0.1) is 18.3 Å². The number of carbonyl (C=O) groups excluding carboxylic acids is 7. The van der Waals surface area contributed by atoms with Gasteiger partial charge in [-0.3, -0.25) is 33.7 Å². The second-order valence-electron chi connectivity index (χ2n) is 23.9. The van der Waals surface area contributed by atoms with Crippen LogP contribution < -0.4 is 36.8 Å². The number of benzene rings is 3. The highest BCUT2D eigenvalue weighted by Gasteiger charge is 2.46. The van der Waals surface area contributed by atoms with Crippen LogP contribution in [0.15, 0.2) is 84.0 Å². The van der Waals surface area contributed by atoms with Crippen LogP contribution in [0.2, 0.25) is 0 Å². The van der Waals surface area contributed by atoms with Gasteiger partial charge >= 0.3 is 6.09 Å². The van der Waals surface area contributed by atoms with Gasteiger partial charge in [-0.1, -0.05) is 81.4 Å². The van der Waals surface area contributed by atoms with Crippen molar-refractivity contribution in [2.75, 3.05) is 29.4 Å². The SMILES string of the molecule is Cc1ncsc1-c1ccc(CNC(=O)[C@@H]2C[C@@H](O)CN2C(=O)[C@@H](NC(=O)CCC2CCN(c3ccc(CO[C@H](C)/C(=C/CC(N)=O)NC(=O)[C@@H]4Cc5cccc6c5N4C(=O)[C@@H](NC(=O)OC(C)(C)C)CC6)cc3)CC2)C(C)(C)C)cc1. The molecule has 0 aliphatic carbocycles. The molecule has 4 aliphatic rings. The number of likely N-dealkylation sites (tertiary alicyclic amines) is 1. The number of aromatic nitrogens is 1. The molecule has 4 aliphatic heterocycles. The number of alkyl carbamates (subject to hydrolysis) is 1. The van der Waals surface area contributed by atoms with Crippen molar-refractivity contribution >= 4 is 64.2 Å². The topological polar surface area (TPSA) is 255 Å². The summed E-state index contributed by atoms with van der Waals surface area (Å²) in [7, 11) is 0. The van der Waals surface area contributed by atoms with E-state index in [4.69, 9.17) is 15.2 Å². The molecule has 7 amide bonds. The van der Waals surface area contributed by atoms with Crippen LogP contribution in [0.1, 0.15) is 121 Å². The van der Waals surface area contributed by atoms with E-state index >= 15 is 0 Å². The summed E-state index contributed by atoms with van der Waals surface area (Å²) >= 11 is 1.57. The molecular formula is C61H79N9O10S. The van der Waals surface area contributed by atoms with Gasteiger partial charge in [0.15, 0.2) is 0 Å². The highest BCUT2D eigenvalue weighted by Crippen LogP contribution is 2.40. The molecule has 2 fully saturated rings. The lowest BCUT2D eigenvalue weighted by molar-refractivity contribution is -0.144. The third-order valence-electron chi connectivity index (χ3n) is 15.5. The number of aryl methyl sites for hydroxylation is 2. The van der Waals surface area contributed by atoms with Crippen LogP contribution in [0.25, 0.3) is 10.4 Å². The maximum absolute atomic E-state index is 14.3. The van der Waals surface area contributed by atoms with Gasteiger partial charge in [0.05, 0.1) is 40.6 Å². The Labute approximate surface area is 478 Å². The van der Waals surface area contributed by atoms with Crippen LogP contribution in [-0.2, 0) is 64.2 Å². The lowest BCUT2D eigenvalue weighted by atomic mass is 9.85. The second kappa shape index (κ2) is 25.7. The maximum Gasteiger partial charge on any atom is 0.408 e. The minimum absolute atomic E-state index is 0.0000144. The van der Waals surface area contributed by atoms with E-state index in [1.165, 1.54) is 15.9 Å². The zero-order valence-electron chi connectivity index (χ0n) is 47.8. The Morgan fingerprint density at radius 3 is 2.25 bits per heavy atom. The number of β-amino-alcohol motifs (C(OH)–C–C–N with tert-alkyl or cyclic N) is 1. The normalized spacial score (nSPS) is 20.2. The number of nitrogens with one attached hydrogen (secondary N) is 4. The van der Waals surface area contributed by atoms with Gasteiger partial charge < -0.3 is 51.4 Å². The summed E-state index contributed by atoms with van der Waals surface area (Å²) in [4.78, 5) is 105. The van der Waals surface area contributed by atoms with E-state index in [1.807, 2.05) is 99.9 Å². The fraction of sp³-hybridized carbons (Fsp3) is 0.508. The first-order valence-electron chi connectivity index (χ1n) is 28.2. The molecule has 0 bridgehead atoms. The number of amides is 7. The van der Waals surface area contributed by atoms with Crippen LogP contribution in [0.4, 0.5) is 16.2 Å². The molecule has 0 radical (unpaired) electrons. The van der Waals surface area contributed by atoms with Crippen molar-refractivity contribution in [2.45, 2.75) is 168 Å². The summed E-state index contributed by atoms with van der Waals surface area (Å²) in [5, 5.41) is 22.4. The number of piperidine rings is 1. The van der Waals surface area contributed by atoms with Crippen LogP contribution >= 0.6 is 11.3 Å². The number of ether oxygens (including phenoxy) is 2. The van der Waals surface area contributed by atoms with Crippen molar-refractivity contribution < 1.29 is 48.1 Å². The third kappa shape index (κ3) is 15.2. The highest BCUT2D eigenvalue weighted by molar-refractivity contribution is 7.13. The Morgan fingerprint density at radius 2 is 1.59 bits per heavy atom. The molecule has 3 aromatic carbocycles. The number of primary amides is 1. The molecule has 0 spiro atoms. The number of thiazole rings is 1. The second-order valence-corrected chi connectivity index (χ2v) is 24.8. The molecule has 0 unspecified atom stereocenters. The summed E-state index contributed by atoms with van der Waals surface area (Å²) in [5.41, 5.74) is 13.5. The highest BCUT2D eigenvalue weighted by atomic mass is 32.1. The number of aliphatic hydroxyl groups is 1. The summed E-state index contributed by atoms with van der Waals surface area (Å²) in [6.45, 7) is 16.6. The molecule has 434 valence electrons. The van der Waals surface area contributed by atoms with Crippen molar-refractivity contribution in [3.8, 4) is 10.4 Å². The zero-order chi connectivity index (χ0) is 58.3. The first kappa shape index (κ1) is 59.9. The molecule has 5 heterocycles. The van der Waals surface area contributed by atoms with Crippen LogP contribution in [0.5, 0.6) is 0 Å². The average molecular weight is 1130 g/mol. The van der Waals surface area contributed by atoms with E-state index in [9.17, 15) is 38.7 Å². The number of hydrogen-bond donors (Lipinski definition) is 6. The molecule has 2 saturated heterocycles. The standard InChI is InChI=1S/C61H79N9O10S/c1-36-53(81-35-64-36)42-17-12-39(13-18-42)32-63-55(74)48-31-45(71)33-69(48)58(77)54(60(3,4)5)67-51(73)25-16-38-26-28-68(29-27-38)44-20-14-40(15-21-44)34-79-37(2)46(23-24-50(62)72)65-56(75)49-30-43-11-9-10-41-19-22-47(57(76)70(49)52(41)43)66-59(78)80-61(6,7)8/h9-15,17-18,20-21,23,35,37-38,45,47-49,54,71H,16,19,22,24-34H2,1-8H3,(H2,62,72)(H,63,74)(H,65,75)(H,66,78)(H,67,73)/b46-23-/t37-,45-,47+,48+,49+,54-/m1/s1. The number of carbonyl (C=O) groups is 7. The van der Waals surface area contributed by atoms with Crippen molar-refractivity contribution in [3.05, 3.63) is 112 Å². The summed E-state index contributed by atoms with van der Waals surface area (Å²) in [5.74, 6) is -2.15. The summed E-state index contributed by atoms with van der Waals surface area (Å²) in [6, 6.07) is 18.0. The fourth-order valence-corrected chi connectivity index (χ4v) is 11.9. The van der Waals surface area contributed by atoms with Gasteiger partial charge in [0.25, 0.3) is 0 Å². The van der Waals surface area contributed by atoms with Gasteiger partial charge in [0, 0.05) is 63.2 Å². The summed E-state index contributed by atoms with van der Waals surface area (Å²) in [6.07, 6.45) is 2.98. The number of aliphatic hydroxyl groups excluding tert-OH is 1. The lowest BCUT2D eigenvalue weighted by Gasteiger charge is -2.36. The first-order valence-corrected chi connectivity index (χ1v) is 29.0. The van der Waals surface area contributed by atoms with Crippen molar-refractivity contribution in [3.63, 3.8) is 0 Å². The van der Waals surface area contributed by atoms with Crippen molar-refractivity contribution in [1.29, 1.82) is 0 Å². The Bertz CT molecular complexity index is 2980. The van der Waals surface area contributed by atoms with E-state index in [2.05, 4.69) is 31.2 Å². The zero-order valence-corrected chi connectivity index (χ0v) is 48.7. The van der Waals surface area contributed by atoms with Crippen LogP contribution in [-0.4, -0.2) is 118 Å². The minimum Gasteiger partial charge on any atom is -0.444 e. The van der Waals surface area contributed by atoms with Gasteiger partial charge in [-0.05, 0) is 118 Å². The van der Waals surface area contributed by atoms with Crippen molar-refractivity contribution in [2.24, 2.45) is 17.1 Å². The van der Waals surface area contributed by atoms with Gasteiger partial charge in [-0.2, -0.15) is 0 Å². The van der Waals surface area contributed by atoms with Gasteiger partial charge in [0.1, 0.15) is 29.8 Å². The molecule has 1 aromatic heterocycles. The van der Waals surface area contributed by atoms with Crippen LogP contribution in [0.3, 0.4) is 0 Å². The molecule has 0 saturated carbocycles. The fourth-order valence-electron chi connectivity index (χ4n) is 11.1. The van der Waals surface area contributed by atoms with E-state index < -0.39 is 77.1 Å². The van der Waals surface area contributed by atoms with Gasteiger partial charge in [-0.25, -0.2) is 9.78 Å². The Balaban J connectivity index is 0.796. The Hall–Kier alpha value is -7.16. The van der Waals surface area contributed by atoms with E-state index in [-0.39, 0.29) is 57.2 Å². The van der Waals surface area contributed by atoms with Gasteiger partial charge in [0.2, 0.25) is 35.4 Å². The number of anilines is 2. The maximum atomic E-state index is 14.3. The molecule has 8 rings (SSSR count). The number of hydrogen-bond acceptors (Lipinski definition) is 13. The average Bonchev–Trinajstić information content (AvgIpc) is 4.14. The predicted octanol–water partition coefficient (Wildman–Crippen LogP) is 6.50.